The van der Waals surface area contributed by atoms with E-state index in [4.69, 9.17) is 4.74 Å². The summed E-state index contributed by atoms with van der Waals surface area (Å²) in [7, 11) is -4.76. The number of rotatable bonds is 22. The number of carbonyl (C=O) groups excluding carboxylic acids is 2. The zero-order valence-electron chi connectivity index (χ0n) is 20.8. The van der Waals surface area contributed by atoms with Crippen molar-refractivity contribution in [2.75, 3.05) is 6.61 Å². The molecule has 0 aliphatic rings. The van der Waals surface area contributed by atoms with E-state index in [0.29, 0.717) is 6.42 Å². The van der Waals surface area contributed by atoms with E-state index in [1.165, 1.54) is 83.1 Å². The van der Waals surface area contributed by atoms with Crippen molar-refractivity contribution in [3.63, 3.8) is 0 Å². The number of carbonyl (C=O) groups is 2. The summed E-state index contributed by atoms with van der Waals surface area (Å²) in [5, 5.41) is -1.96. The molecule has 194 valence electrons. The molecule has 0 aromatic carbocycles. The van der Waals surface area contributed by atoms with E-state index in [2.05, 4.69) is 11.7 Å². The first-order valence-electron chi connectivity index (χ1n) is 12.8. The molecule has 0 saturated carbocycles. The van der Waals surface area contributed by atoms with Crippen LogP contribution in [-0.4, -0.2) is 36.8 Å². The van der Waals surface area contributed by atoms with Crippen molar-refractivity contribution in [2.45, 2.75) is 128 Å². The monoisotopic (exact) mass is 490 g/mol. The van der Waals surface area contributed by atoms with E-state index in [9.17, 15) is 22.6 Å². The summed E-state index contributed by atoms with van der Waals surface area (Å²) in [6.45, 7) is 3.92. The van der Waals surface area contributed by atoms with Crippen LogP contribution in [0.5, 0.6) is 0 Å². The van der Waals surface area contributed by atoms with Crippen LogP contribution in [-0.2, 0) is 29.2 Å². The minimum atomic E-state index is -4.76. The number of hydrogen-bond donors (Lipinski definition) is 1. The summed E-state index contributed by atoms with van der Waals surface area (Å²) in [6.07, 6.45) is 21.4. The van der Waals surface area contributed by atoms with Gasteiger partial charge in [-0.25, -0.2) is 0 Å². The molecule has 0 heterocycles. The number of esters is 2. The Kier molecular flexibility index (Phi) is 20.2. The number of ether oxygens (including phenoxy) is 2. The molecule has 0 spiro atoms. The predicted octanol–water partition coefficient (Wildman–Crippen LogP) is 6.51. The van der Waals surface area contributed by atoms with Crippen LogP contribution >= 0.6 is 0 Å². The zero-order valence-corrected chi connectivity index (χ0v) is 21.6. The lowest BCUT2D eigenvalue weighted by Crippen LogP contribution is -2.34. The molecule has 0 aromatic heterocycles. The number of hydrogen-bond acceptors (Lipinski definition) is 6. The second kappa shape index (κ2) is 21.1. The van der Waals surface area contributed by atoms with Crippen LogP contribution in [0.2, 0.25) is 0 Å². The highest BCUT2D eigenvalue weighted by molar-refractivity contribution is 7.87. The molecule has 0 fully saturated rings. The molecule has 0 aliphatic carbocycles. The smallest absolute Gasteiger partial charge is 0.327 e. The summed E-state index contributed by atoms with van der Waals surface area (Å²) < 4.78 is 41.6. The molecule has 0 saturated heterocycles. The molecule has 8 heteroatoms. The first kappa shape index (κ1) is 31.6. The molecule has 7 nitrogen and oxygen atoms in total. The van der Waals surface area contributed by atoms with Crippen LogP contribution in [0.15, 0.2) is 12.3 Å². The highest BCUT2D eigenvalue weighted by Gasteiger charge is 2.35. The minimum Gasteiger partial charge on any atom is -0.465 e. The van der Waals surface area contributed by atoms with Gasteiger partial charge in [0.15, 0.2) is 5.25 Å². The second-order valence-electron chi connectivity index (χ2n) is 8.64. The van der Waals surface area contributed by atoms with E-state index in [-0.39, 0.29) is 6.61 Å². The zero-order chi connectivity index (χ0) is 24.8. The van der Waals surface area contributed by atoms with Crippen molar-refractivity contribution < 1.29 is 32.0 Å². The molecule has 1 atom stereocenters. The van der Waals surface area contributed by atoms with Gasteiger partial charge in [-0.2, -0.15) is 8.42 Å². The first-order valence-corrected chi connectivity index (χ1v) is 14.3. The molecule has 0 aromatic rings. The second-order valence-corrected chi connectivity index (χ2v) is 10.2. The maximum atomic E-state index is 12.0. The summed E-state index contributed by atoms with van der Waals surface area (Å²) in [5.74, 6) is -2.06. The van der Waals surface area contributed by atoms with Crippen LogP contribution in [0.3, 0.4) is 0 Å². The number of allylic oxidation sites excluding steroid dienone is 1. The maximum absolute atomic E-state index is 12.0. The molecular formula is C25H46O7S. The molecule has 1 unspecified atom stereocenters. The van der Waals surface area contributed by atoms with Gasteiger partial charge in [0.25, 0.3) is 10.1 Å². The third-order valence-electron chi connectivity index (χ3n) is 5.55. The van der Waals surface area contributed by atoms with Crippen LogP contribution in [0.4, 0.5) is 0 Å². The van der Waals surface area contributed by atoms with E-state index < -0.39 is 33.7 Å². The summed E-state index contributed by atoms with van der Waals surface area (Å²) >= 11 is 0. The third kappa shape index (κ3) is 19.7. The van der Waals surface area contributed by atoms with Gasteiger partial charge in [-0.1, -0.05) is 109 Å². The highest BCUT2D eigenvalue weighted by Crippen LogP contribution is 2.14. The van der Waals surface area contributed by atoms with E-state index in [1.54, 1.807) is 6.92 Å². The lowest BCUT2D eigenvalue weighted by molar-refractivity contribution is -0.147. The van der Waals surface area contributed by atoms with Gasteiger partial charge in [0.1, 0.15) is 0 Å². The molecular weight excluding hydrogens is 444 g/mol. The van der Waals surface area contributed by atoms with E-state index >= 15 is 0 Å². The Labute approximate surface area is 201 Å². The van der Waals surface area contributed by atoms with E-state index in [0.717, 1.165) is 25.5 Å². The largest absolute Gasteiger partial charge is 0.465 e. The Balaban J connectivity index is 3.69. The highest BCUT2D eigenvalue weighted by atomic mass is 32.2. The van der Waals surface area contributed by atoms with Crippen molar-refractivity contribution in [1.82, 2.24) is 0 Å². The first-order chi connectivity index (χ1) is 15.8. The van der Waals surface area contributed by atoms with Gasteiger partial charge in [0.2, 0.25) is 0 Å². The summed E-state index contributed by atoms with van der Waals surface area (Å²) in [5.41, 5.74) is 0. The molecule has 33 heavy (non-hydrogen) atoms. The van der Waals surface area contributed by atoms with Crippen LogP contribution in [0.25, 0.3) is 0 Å². The van der Waals surface area contributed by atoms with Crippen LogP contribution in [0, 0.1) is 0 Å². The van der Waals surface area contributed by atoms with Crippen molar-refractivity contribution in [2.24, 2.45) is 0 Å². The minimum absolute atomic E-state index is 0.0627. The van der Waals surface area contributed by atoms with Crippen molar-refractivity contribution in [3.8, 4) is 0 Å². The fraction of sp³-hybridized carbons (Fsp3) is 0.840. The quantitative estimate of drug-likeness (QED) is 0.0797. The van der Waals surface area contributed by atoms with Gasteiger partial charge in [-0.3, -0.25) is 14.1 Å². The van der Waals surface area contributed by atoms with Crippen LogP contribution in [0.1, 0.15) is 123 Å². The fourth-order valence-corrected chi connectivity index (χ4v) is 4.23. The fourth-order valence-electron chi connectivity index (χ4n) is 3.57. The molecule has 1 N–H and O–H groups in total. The Morgan fingerprint density at radius 3 is 1.61 bits per heavy atom. The Hall–Kier alpha value is -1.41. The van der Waals surface area contributed by atoms with Crippen molar-refractivity contribution >= 4 is 22.1 Å². The lowest BCUT2D eigenvalue weighted by atomic mass is 10.0. The topological polar surface area (TPSA) is 107 Å². The third-order valence-corrected chi connectivity index (χ3v) is 6.63. The number of unbranched alkanes of at least 4 members (excludes halogenated alkanes) is 15. The van der Waals surface area contributed by atoms with Gasteiger partial charge in [0.05, 0.1) is 19.3 Å². The molecule has 0 radical (unpaired) electrons. The van der Waals surface area contributed by atoms with Crippen molar-refractivity contribution in [1.29, 1.82) is 0 Å². The van der Waals surface area contributed by atoms with Gasteiger partial charge < -0.3 is 9.47 Å². The Bertz CT molecular complexity index is 629. The molecule has 0 rings (SSSR count). The van der Waals surface area contributed by atoms with Gasteiger partial charge >= 0.3 is 11.9 Å². The Morgan fingerprint density at radius 2 is 1.21 bits per heavy atom. The predicted molar refractivity (Wildman–Crippen MR) is 131 cm³/mol. The van der Waals surface area contributed by atoms with Crippen LogP contribution < -0.4 is 0 Å². The standard InChI is InChI=1S/C25H46O7S/c1-3-5-6-7-8-9-10-11-12-13-14-15-16-17-18-19-21-32-25(27)23(33(28,29)30)22-24(26)31-20-4-2/h4,20,23H,3,5-19,21-22H2,1-2H3,(H,28,29,30)/b20-4+. The Morgan fingerprint density at radius 1 is 0.788 bits per heavy atom. The average Bonchev–Trinajstić information content (AvgIpc) is 2.77. The maximum Gasteiger partial charge on any atom is 0.327 e. The lowest BCUT2D eigenvalue weighted by Gasteiger charge is -2.12. The molecule has 0 bridgehead atoms. The average molecular weight is 491 g/mol. The van der Waals surface area contributed by atoms with Gasteiger partial charge in [0, 0.05) is 0 Å². The SMILES string of the molecule is C/C=C/OC(=O)CC(C(=O)OCCCCCCCCCCCCCCCCCC)S(=O)(=O)O. The van der Waals surface area contributed by atoms with Gasteiger partial charge in [-0.15, -0.1) is 0 Å². The van der Waals surface area contributed by atoms with E-state index in [1.807, 2.05) is 0 Å². The van der Waals surface area contributed by atoms with Crippen molar-refractivity contribution in [3.05, 3.63) is 12.3 Å². The van der Waals surface area contributed by atoms with Gasteiger partial charge in [-0.05, 0) is 13.3 Å². The summed E-state index contributed by atoms with van der Waals surface area (Å²) in [6, 6.07) is 0. The summed E-state index contributed by atoms with van der Waals surface area (Å²) in [4.78, 5) is 23.5. The molecule has 0 aliphatic heterocycles. The molecule has 0 amide bonds. The normalized spacial score (nSPS) is 12.7.